The van der Waals surface area contributed by atoms with Gasteiger partial charge in [0.15, 0.2) is 0 Å². The Balaban J connectivity index is 1.28. The standard InChI is InChI=1S/C23H23N5O4/c24-21(30)15(18-7-5-13-3-1-2-4-17(13)25-18)9-10-32-14-6-8-19-16(11-14)22(31)28-12-20(29)27-23(28)26-19/h1-4,6,8,11,15,18,25H,5,7,9-10,12H2,(H2,24,30)(H,26,27,29). The molecule has 0 bridgehead atoms. The minimum absolute atomic E-state index is 0.0417. The van der Waals surface area contributed by atoms with E-state index in [0.29, 0.717) is 23.1 Å². The number of rotatable bonds is 6. The molecule has 2 amide bonds. The number of fused-ring (bicyclic) bond motifs is 3. The predicted octanol–water partition coefficient (Wildman–Crippen LogP) is 1.65. The van der Waals surface area contributed by atoms with Gasteiger partial charge in [-0.1, -0.05) is 18.2 Å². The Morgan fingerprint density at radius 2 is 2.09 bits per heavy atom. The molecule has 9 heteroatoms. The average Bonchev–Trinajstić information content (AvgIpc) is 3.17. The van der Waals surface area contributed by atoms with Crippen molar-refractivity contribution in [3.63, 3.8) is 0 Å². The van der Waals surface area contributed by atoms with Crippen LogP contribution in [0.2, 0.25) is 0 Å². The first-order chi connectivity index (χ1) is 15.5. The van der Waals surface area contributed by atoms with Crippen LogP contribution in [0.1, 0.15) is 18.4 Å². The summed E-state index contributed by atoms with van der Waals surface area (Å²) in [5, 5.41) is 6.39. The number of aryl methyl sites for hydroxylation is 1. The molecular formula is C23H23N5O4. The van der Waals surface area contributed by atoms with Crippen molar-refractivity contribution in [3.05, 3.63) is 58.4 Å². The van der Waals surface area contributed by atoms with Gasteiger partial charge in [0.1, 0.15) is 12.3 Å². The number of amides is 2. The monoisotopic (exact) mass is 433 g/mol. The molecule has 2 atom stereocenters. The lowest BCUT2D eigenvalue weighted by Crippen LogP contribution is -2.41. The Morgan fingerprint density at radius 1 is 1.25 bits per heavy atom. The van der Waals surface area contributed by atoms with E-state index in [-0.39, 0.29) is 48.4 Å². The van der Waals surface area contributed by atoms with Crippen LogP contribution in [0.15, 0.2) is 47.3 Å². The van der Waals surface area contributed by atoms with E-state index >= 15 is 0 Å². The molecular weight excluding hydrogens is 410 g/mol. The molecule has 4 N–H and O–H groups in total. The molecule has 2 aliphatic rings. The molecule has 0 saturated carbocycles. The van der Waals surface area contributed by atoms with E-state index in [9.17, 15) is 14.4 Å². The highest BCUT2D eigenvalue weighted by Gasteiger charge is 2.29. The quantitative estimate of drug-likeness (QED) is 0.542. The van der Waals surface area contributed by atoms with Gasteiger partial charge >= 0.3 is 0 Å². The van der Waals surface area contributed by atoms with Crippen LogP contribution >= 0.6 is 0 Å². The molecule has 5 rings (SSSR count). The van der Waals surface area contributed by atoms with Crippen molar-refractivity contribution in [1.29, 1.82) is 0 Å². The normalized spacial score (nSPS) is 17.8. The van der Waals surface area contributed by atoms with Crippen LogP contribution in [0.25, 0.3) is 10.9 Å². The van der Waals surface area contributed by atoms with Crippen molar-refractivity contribution in [3.8, 4) is 5.75 Å². The summed E-state index contributed by atoms with van der Waals surface area (Å²) in [6, 6.07) is 13.0. The Morgan fingerprint density at radius 3 is 2.94 bits per heavy atom. The summed E-state index contributed by atoms with van der Waals surface area (Å²) in [7, 11) is 0. The Labute approximate surface area is 183 Å². The van der Waals surface area contributed by atoms with Crippen LogP contribution in [-0.4, -0.2) is 34.0 Å². The van der Waals surface area contributed by atoms with E-state index in [1.54, 1.807) is 18.2 Å². The van der Waals surface area contributed by atoms with Gasteiger partial charge in [-0.05, 0) is 49.1 Å². The number of nitrogens with one attached hydrogen (secondary N) is 2. The fraction of sp³-hybridized carbons (Fsp3) is 0.304. The number of hydrogen-bond acceptors (Lipinski definition) is 6. The molecule has 9 nitrogen and oxygen atoms in total. The van der Waals surface area contributed by atoms with Crippen LogP contribution in [0, 0.1) is 5.92 Å². The molecule has 2 aromatic carbocycles. The maximum Gasteiger partial charge on any atom is 0.263 e. The third-order valence-corrected chi connectivity index (χ3v) is 6.11. The maximum atomic E-state index is 12.7. The highest BCUT2D eigenvalue weighted by molar-refractivity contribution is 5.94. The highest BCUT2D eigenvalue weighted by Crippen LogP contribution is 2.29. The Hall–Kier alpha value is -3.88. The van der Waals surface area contributed by atoms with E-state index in [2.05, 4.69) is 21.7 Å². The number of carbonyl (C=O) groups is 2. The Bertz CT molecular complexity index is 1290. The molecule has 3 aromatic rings. The van der Waals surface area contributed by atoms with E-state index in [1.807, 2.05) is 18.2 Å². The number of hydrogen-bond donors (Lipinski definition) is 3. The lowest BCUT2D eigenvalue weighted by Gasteiger charge is -2.31. The van der Waals surface area contributed by atoms with Gasteiger partial charge in [0, 0.05) is 11.7 Å². The zero-order valence-electron chi connectivity index (χ0n) is 17.3. The number of carbonyl (C=O) groups excluding carboxylic acids is 2. The molecule has 1 aromatic heterocycles. The Kier molecular flexibility index (Phi) is 5.01. The van der Waals surface area contributed by atoms with Crippen molar-refractivity contribution >= 4 is 34.4 Å². The van der Waals surface area contributed by atoms with E-state index in [0.717, 1.165) is 18.5 Å². The van der Waals surface area contributed by atoms with Gasteiger partial charge in [0.05, 0.1) is 23.4 Å². The lowest BCUT2D eigenvalue weighted by atomic mass is 9.87. The van der Waals surface area contributed by atoms with Gasteiger partial charge < -0.3 is 15.8 Å². The molecule has 2 unspecified atom stereocenters. The molecule has 164 valence electrons. The number of para-hydroxylation sites is 1. The second kappa shape index (κ2) is 7.99. The van der Waals surface area contributed by atoms with Gasteiger partial charge in [-0.25, -0.2) is 4.98 Å². The number of nitrogens with zero attached hydrogens (tertiary/aromatic N) is 2. The van der Waals surface area contributed by atoms with Crippen LogP contribution in [0.3, 0.4) is 0 Å². The van der Waals surface area contributed by atoms with Gasteiger partial charge in [-0.3, -0.25) is 24.3 Å². The summed E-state index contributed by atoms with van der Waals surface area (Å²) in [5.74, 6) is -0.250. The van der Waals surface area contributed by atoms with Crippen molar-refractivity contribution in [1.82, 2.24) is 9.55 Å². The van der Waals surface area contributed by atoms with Crippen molar-refractivity contribution in [2.75, 3.05) is 17.2 Å². The second-order valence-corrected chi connectivity index (χ2v) is 8.15. The fourth-order valence-corrected chi connectivity index (χ4v) is 4.45. The highest BCUT2D eigenvalue weighted by atomic mass is 16.5. The summed E-state index contributed by atoms with van der Waals surface area (Å²) >= 11 is 0. The van der Waals surface area contributed by atoms with Gasteiger partial charge in [0.2, 0.25) is 17.8 Å². The van der Waals surface area contributed by atoms with Crippen LogP contribution in [0.5, 0.6) is 5.75 Å². The fourth-order valence-electron chi connectivity index (χ4n) is 4.45. The molecule has 0 fully saturated rings. The summed E-state index contributed by atoms with van der Waals surface area (Å²) < 4.78 is 7.17. The van der Waals surface area contributed by atoms with Gasteiger partial charge in [0.25, 0.3) is 5.56 Å². The number of benzene rings is 2. The van der Waals surface area contributed by atoms with Crippen LogP contribution in [-0.2, 0) is 22.6 Å². The third kappa shape index (κ3) is 3.66. The minimum Gasteiger partial charge on any atom is -0.494 e. The van der Waals surface area contributed by atoms with Crippen molar-refractivity contribution in [2.45, 2.75) is 31.8 Å². The molecule has 0 aliphatic carbocycles. The van der Waals surface area contributed by atoms with E-state index in [4.69, 9.17) is 10.5 Å². The zero-order valence-corrected chi connectivity index (χ0v) is 17.3. The molecule has 2 aliphatic heterocycles. The van der Waals surface area contributed by atoms with Crippen LogP contribution < -0.4 is 26.7 Å². The SMILES string of the molecule is NC(=O)C(CCOc1ccc2nc3n(c(=O)c2c1)CC(=O)N3)C1CCc2ccccc2N1. The topological polar surface area (TPSA) is 128 Å². The molecule has 0 saturated heterocycles. The largest absolute Gasteiger partial charge is 0.494 e. The van der Waals surface area contributed by atoms with E-state index in [1.165, 1.54) is 10.1 Å². The summed E-state index contributed by atoms with van der Waals surface area (Å²) in [6.07, 6.45) is 2.16. The third-order valence-electron chi connectivity index (χ3n) is 6.11. The van der Waals surface area contributed by atoms with Crippen molar-refractivity contribution in [2.24, 2.45) is 11.7 Å². The molecule has 32 heavy (non-hydrogen) atoms. The molecule has 0 radical (unpaired) electrons. The molecule has 0 spiro atoms. The number of anilines is 2. The predicted molar refractivity (Wildman–Crippen MR) is 120 cm³/mol. The van der Waals surface area contributed by atoms with Crippen molar-refractivity contribution < 1.29 is 14.3 Å². The summed E-state index contributed by atoms with van der Waals surface area (Å²) in [5.41, 5.74) is 8.17. The molecule has 3 heterocycles. The summed E-state index contributed by atoms with van der Waals surface area (Å²) in [6.45, 7) is 0.235. The second-order valence-electron chi connectivity index (χ2n) is 8.15. The van der Waals surface area contributed by atoms with E-state index < -0.39 is 0 Å². The minimum atomic E-state index is -0.378. The first-order valence-electron chi connectivity index (χ1n) is 10.6. The first-order valence-corrected chi connectivity index (χ1v) is 10.6. The smallest absolute Gasteiger partial charge is 0.263 e. The first kappa shape index (κ1) is 20.0. The number of nitrogens with two attached hydrogens (primary N) is 1. The zero-order chi connectivity index (χ0) is 22.2. The maximum absolute atomic E-state index is 12.7. The lowest BCUT2D eigenvalue weighted by molar-refractivity contribution is -0.122. The van der Waals surface area contributed by atoms with Gasteiger partial charge in [-0.2, -0.15) is 0 Å². The van der Waals surface area contributed by atoms with Gasteiger partial charge in [-0.15, -0.1) is 0 Å². The average molecular weight is 433 g/mol. The number of aromatic nitrogens is 2. The number of ether oxygens (including phenoxy) is 1. The summed E-state index contributed by atoms with van der Waals surface area (Å²) in [4.78, 5) is 40.8. The number of primary amides is 1. The van der Waals surface area contributed by atoms with Crippen LogP contribution in [0.4, 0.5) is 11.6 Å².